The molecule has 0 bridgehead atoms. The summed E-state index contributed by atoms with van der Waals surface area (Å²) in [5, 5.41) is 7.34. The molecule has 0 fully saturated rings. The Morgan fingerprint density at radius 3 is 2.37 bits per heavy atom. The fraction of sp³-hybridized carbons (Fsp3) is 0.125. The molecule has 0 unspecified atom stereocenters. The van der Waals surface area contributed by atoms with Crippen molar-refractivity contribution in [3.8, 4) is 0 Å². The van der Waals surface area contributed by atoms with Crippen LogP contribution < -0.4 is 15.0 Å². The lowest BCUT2D eigenvalue weighted by Gasteiger charge is -2.22. The number of hydrogen-bond donors (Lipinski definition) is 2. The van der Waals surface area contributed by atoms with Gasteiger partial charge in [-0.1, -0.05) is 41.9 Å². The average molecular weight is 578 g/mol. The second-order valence-electron chi connectivity index (χ2n) is 7.50. The Bertz CT molecular complexity index is 1400. The molecule has 0 aliphatic rings. The Hall–Kier alpha value is -3.21. The van der Waals surface area contributed by atoms with Gasteiger partial charge in [0.25, 0.3) is 11.8 Å². The number of para-hydroxylation sites is 1. The predicted octanol–water partition coefficient (Wildman–Crippen LogP) is 4.66. The summed E-state index contributed by atoms with van der Waals surface area (Å²) < 4.78 is 26.1. The zero-order valence-corrected chi connectivity index (χ0v) is 22.0. The number of sulfonamides is 1. The molecule has 0 heterocycles. The van der Waals surface area contributed by atoms with Gasteiger partial charge < -0.3 is 5.32 Å². The van der Waals surface area contributed by atoms with Crippen LogP contribution in [-0.4, -0.2) is 38.7 Å². The number of nitrogens with zero attached hydrogens (tertiary/aromatic N) is 2. The van der Waals surface area contributed by atoms with Crippen molar-refractivity contribution < 1.29 is 18.0 Å². The summed E-state index contributed by atoms with van der Waals surface area (Å²) >= 11 is 9.26. The molecule has 3 rings (SSSR count). The van der Waals surface area contributed by atoms with E-state index in [9.17, 15) is 18.0 Å². The van der Waals surface area contributed by atoms with E-state index in [0.29, 0.717) is 37.7 Å². The lowest BCUT2D eigenvalue weighted by Crippen LogP contribution is -2.39. The topological polar surface area (TPSA) is 108 Å². The van der Waals surface area contributed by atoms with Crippen LogP contribution in [0.4, 0.5) is 11.4 Å². The van der Waals surface area contributed by atoms with Crippen LogP contribution in [0.25, 0.3) is 0 Å². The Kier molecular flexibility index (Phi) is 8.66. The van der Waals surface area contributed by atoms with Crippen molar-refractivity contribution in [3.05, 3.63) is 93.4 Å². The number of nitrogens with one attached hydrogen (secondary N) is 2. The highest BCUT2D eigenvalue weighted by molar-refractivity contribution is 9.10. The second kappa shape index (κ2) is 11.5. The largest absolute Gasteiger partial charge is 0.322 e. The molecular formula is C24H22BrClN4O4S. The van der Waals surface area contributed by atoms with E-state index in [1.165, 1.54) is 0 Å². The monoisotopic (exact) mass is 576 g/mol. The highest BCUT2D eigenvalue weighted by atomic mass is 79.9. The minimum Gasteiger partial charge on any atom is -0.322 e. The van der Waals surface area contributed by atoms with Crippen molar-refractivity contribution in [1.82, 2.24) is 5.43 Å². The summed E-state index contributed by atoms with van der Waals surface area (Å²) in [4.78, 5) is 25.0. The van der Waals surface area contributed by atoms with Crippen LogP contribution >= 0.6 is 27.5 Å². The third-order valence-corrected chi connectivity index (χ3v) is 6.81. The third kappa shape index (κ3) is 7.38. The van der Waals surface area contributed by atoms with Crippen molar-refractivity contribution >= 4 is 66.5 Å². The molecule has 2 amide bonds. The maximum atomic E-state index is 12.5. The SMILES string of the molecule is C/C(=N/NC(=O)CN(c1ccccc1Br)S(C)(=O)=O)c1cccc(NC(=O)c2cccc(Cl)c2)c1. The van der Waals surface area contributed by atoms with Gasteiger partial charge in [0, 0.05) is 20.7 Å². The molecular weight excluding hydrogens is 556 g/mol. The van der Waals surface area contributed by atoms with Gasteiger partial charge in [-0.3, -0.25) is 13.9 Å². The van der Waals surface area contributed by atoms with E-state index in [1.807, 2.05) is 0 Å². The van der Waals surface area contributed by atoms with Gasteiger partial charge in [-0.15, -0.1) is 0 Å². The molecule has 2 N–H and O–H groups in total. The maximum absolute atomic E-state index is 12.5. The Labute approximate surface area is 217 Å². The van der Waals surface area contributed by atoms with Crippen molar-refractivity contribution in [3.63, 3.8) is 0 Å². The number of halogens is 2. The van der Waals surface area contributed by atoms with Crippen LogP contribution in [0, 0.1) is 0 Å². The molecule has 182 valence electrons. The maximum Gasteiger partial charge on any atom is 0.260 e. The first kappa shape index (κ1) is 26.4. The van der Waals surface area contributed by atoms with Crippen molar-refractivity contribution in [2.45, 2.75) is 6.92 Å². The second-order valence-corrected chi connectivity index (χ2v) is 10.7. The van der Waals surface area contributed by atoms with Crippen molar-refractivity contribution in [1.29, 1.82) is 0 Å². The van der Waals surface area contributed by atoms with Gasteiger partial charge in [-0.2, -0.15) is 5.10 Å². The number of hydrogen-bond acceptors (Lipinski definition) is 5. The zero-order chi connectivity index (χ0) is 25.6. The van der Waals surface area contributed by atoms with E-state index in [2.05, 4.69) is 31.8 Å². The number of benzene rings is 3. The third-order valence-electron chi connectivity index (χ3n) is 4.78. The number of hydrazone groups is 1. The van der Waals surface area contributed by atoms with Gasteiger partial charge >= 0.3 is 0 Å². The van der Waals surface area contributed by atoms with E-state index in [0.717, 1.165) is 10.6 Å². The Morgan fingerprint density at radius 1 is 1.00 bits per heavy atom. The van der Waals surface area contributed by atoms with Crippen LogP contribution in [-0.2, 0) is 14.8 Å². The van der Waals surface area contributed by atoms with Gasteiger partial charge in [0.15, 0.2) is 0 Å². The fourth-order valence-electron chi connectivity index (χ4n) is 3.07. The minimum absolute atomic E-state index is 0.319. The van der Waals surface area contributed by atoms with Crippen molar-refractivity contribution in [2.75, 3.05) is 22.4 Å². The normalized spacial score (nSPS) is 11.6. The number of anilines is 2. The molecule has 11 heteroatoms. The number of carbonyl (C=O) groups is 2. The van der Waals surface area contributed by atoms with Crippen LogP contribution in [0.5, 0.6) is 0 Å². The molecule has 35 heavy (non-hydrogen) atoms. The van der Waals surface area contributed by atoms with Crippen LogP contribution in [0.2, 0.25) is 5.02 Å². The van der Waals surface area contributed by atoms with E-state index >= 15 is 0 Å². The minimum atomic E-state index is -3.72. The van der Waals surface area contributed by atoms with Gasteiger partial charge in [0.05, 0.1) is 17.7 Å². The average Bonchev–Trinajstić information content (AvgIpc) is 2.81. The first-order valence-electron chi connectivity index (χ1n) is 10.3. The molecule has 0 aliphatic heterocycles. The standard InChI is InChI=1S/C24H22BrClN4O4S/c1-16(17-7-6-10-20(14-17)27-24(32)18-8-5-9-19(26)13-18)28-29-23(31)15-30(35(2,33)34)22-12-4-3-11-21(22)25/h3-14H,15H2,1-2H3,(H,27,32)(H,29,31)/b28-16-. The number of rotatable bonds is 8. The molecule has 0 aromatic heterocycles. The zero-order valence-electron chi connectivity index (χ0n) is 18.8. The van der Waals surface area contributed by atoms with Crippen LogP contribution in [0.3, 0.4) is 0 Å². The van der Waals surface area contributed by atoms with Gasteiger partial charge in [0.1, 0.15) is 6.54 Å². The molecule has 0 aliphatic carbocycles. The highest BCUT2D eigenvalue weighted by Gasteiger charge is 2.22. The summed E-state index contributed by atoms with van der Waals surface area (Å²) in [7, 11) is -3.72. The number of amides is 2. The van der Waals surface area contributed by atoms with E-state index < -0.39 is 22.5 Å². The molecule has 0 radical (unpaired) electrons. The van der Waals surface area contributed by atoms with E-state index in [-0.39, 0.29) is 5.91 Å². The molecule has 3 aromatic rings. The number of carbonyl (C=O) groups excluding carboxylic acids is 2. The van der Waals surface area contributed by atoms with E-state index in [1.54, 1.807) is 79.7 Å². The highest BCUT2D eigenvalue weighted by Crippen LogP contribution is 2.27. The lowest BCUT2D eigenvalue weighted by atomic mass is 10.1. The molecule has 0 saturated carbocycles. The molecule has 8 nitrogen and oxygen atoms in total. The van der Waals surface area contributed by atoms with Gasteiger partial charge in [0.2, 0.25) is 10.0 Å². The fourth-order valence-corrected chi connectivity index (χ4v) is 4.74. The van der Waals surface area contributed by atoms with Crippen LogP contribution in [0.1, 0.15) is 22.8 Å². The van der Waals surface area contributed by atoms with Crippen molar-refractivity contribution in [2.24, 2.45) is 5.10 Å². The van der Waals surface area contributed by atoms with Gasteiger partial charge in [-0.25, -0.2) is 13.8 Å². The summed E-state index contributed by atoms with van der Waals surface area (Å²) in [6, 6.07) is 20.2. The smallest absolute Gasteiger partial charge is 0.260 e. The summed E-state index contributed by atoms with van der Waals surface area (Å²) in [6.45, 7) is 1.23. The first-order valence-corrected chi connectivity index (χ1v) is 13.3. The van der Waals surface area contributed by atoms with Gasteiger partial charge in [-0.05, 0) is 70.9 Å². The lowest BCUT2D eigenvalue weighted by molar-refractivity contribution is -0.119. The first-order chi connectivity index (χ1) is 16.5. The van der Waals surface area contributed by atoms with Crippen LogP contribution in [0.15, 0.2) is 82.4 Å². The van der Waals surface area contributed by atoms with E-state index in [4.69, 9.17) is 11.6 Å². The Morgan fingerprint density at radius 2 is 1.69 bits per heavy atom. The predicted molar refractivity (Wildman–Crippen MR) is 143 cm³/mol. The Balaban J connectivity index is 1.70. The quantitative estimate of drug-likeness (QED) is 0.300. The molecule has 0 atom stereocenters. The molecule has 0 saturated heterocycles. The molecule has 0 spiro atoms. The molecule has 3 aromatic carbocycles. The summed E-state index contributed by atoms with van der Waals surface area (Å²) in [5.74, 6) is -0.934. The summed E-state index contributed by atoms with van der Waals surface area (Å²) in [5.41, 5.74) is 4.80. The summed E-state index contributed by atoms with van der Waals surface area (Å²) in [6.07, 6.45) is 1.03.